The minimum Gasteiger partial charge on any atom is -0.382 e. The van der Waals surface area contributed by atoms with Gasteiger partial charge in [0.15, 0.2) is 0 Å². The Hall–Kier alpha value is -0.890. The number of halogens is 1. The molecule has 1 aliphatic carbocycles. The number of rotatable bonds is 1. The average Bonchev–Trinajstić information content (AvgIpc) is 2.99. The Morgan fingerprint density at radius 1 is 1.36 bits per heavy atom. The highest BCUT2D eigenvalue weighted by Gasteiger charge is 2.31. The van der Waals surface area contributed by atoms with Crippen LogP contribution in [-0.2, 0) is 0 Å². The third-order valence-corrected chi connectivity index (χ3v) is 3.16. The van der Waals surface area contributed by atoms with E-state index in [0.717, 1.165) is 24.2 Å². The minimum atomic E-state index is 0.789. The van der Waals surface area contributed by atoms with Gasteiger partial charge in [-0.2, -0.15) is 0 Å². The summed E-state index contributed by atoms with van der Waals surface area (Å²) in [7, 11) is 0. The highest BCUT2D eigenvalue weighted by Crippen LogP contribution is 2.38. The van der Waals surface area contributed by atoms with Crippen LogP contribution in [0.25, 0.3) is 0 Å². The van der Waals surface area contributed by atoms with Gasteiger partial charge in [-0.15, -0.1) is 0 Å². The van der Waals surface area contributed by atoms with Gasteiger partial charge in [0.05, 0.1) is 11.4 Å². The van der Waals surface area contributed by atoms with E-state index in [1.807, 2.05) is 12.1 Å². The van der Waals surface area contributed by atoms with E-state index in [-0.39, 0.29) is 0 Å². The summed E-state index contributed by atoms with van der Waals surface area (Å²) in [5.41, 5.74) is 2.51. The van der Waals surface area contributed by atoms with Crippen molar-refractivity contribution in [2.45, 2.75) is 18.9 Å². The van der Waals surface area contributed by atoms with Crippen LogP contribution in [0.5, 0.6) is 0 Å². The zero-order valence-electron chi connectivity index (χ0n) is 7.96. The van der Waals surface area contributed by atoms with Crippen LogP contribution >= 0.6 is 11.6 Å². The Kier molecular flexibility index (Phi) is 1.84. The maximum atomic E-state index is 5.96. The number of nitrogens with one attached hydrogen (secondary N) is 1. The van der Waals surface area contributed by atoms with E-state index in [4.69, 9.17) is 11.6 Å². The van der Waals surface area contributed by atoms with Gasteiger partial charge < -0.3 is 10.2 Å². The number of benzene rings is 1. The van der Waals surface area contributed by atoms with Crippen molar-refractivity contribution in [2.75, 3.05) is 23.3 Å². The number of nitrogens with zero attached hydrogens (tertiary/aromatic N) is 1. The molecular formula is C11H13ClN2. The topological polar surface area (TPSA) is 15.3 Å². The second kappa shape index (κ2) is 3.06. The summed E-state index contributed by atoms with van der Waals surface area (Å²) in [4.78, 5) is 2.50. The van der Waals surface area contributed by atoms with Crippen molar-refractivity contribution >= 4 is 23.0 Å². The Balaban J connectivity index is 2.01. The van der Waals surface area contributed by atoms with E-state index in [2.05, 4.69) is 16.3 Å². The maximum absolute atomic E-state index is 5.96. The maximum Gasteiger partial charge on any atom is 0.0606 e. The van der Waals surface area contributed by atoms with Crippen LogP contribution in [0.4, 0.5) is 11.4 Å². The summed E-state index contributed by atoms with van der Waals surface area (Å²) in [5.74, 6) is 0. The molecule has 0 unspecified atom stereocenters. The molecular weight excluding hydrogens is 196 g/mol. The largest absolute Gasteiger partial charge is 0.382 e. The van der Waals surface area contributed by atoms with Crippen molar-refractivity contribution in [3.63, 3.8) is 0 Å². The molecule has 14 heavy (non-hydrogen) atoms. The van der Waals surface area contributed by atoms with Gasteiger partial charge in [0, 0.05) is 24.2 Å². The monoisotopic (exact) mass is 208 g/mol. The third-order valence-electron chi connectivity index (χ3n) is 2.92. The summed E-state index contributed by atoms with van der Waals surface area (Å²) < 4.78 is 0. The molecule has 1 aromatic carbocycles. The van der Waals surface area contributed by atoms with E-state index in [1.165, 1.54) is 24.2 Å². The SMILES string of the molecule is Clc1ccc2c(c1)NCCN2C1CC1. The molecule has 3 heteroatoms. The lowest BCUT2D eigenvalue weighted by Crippen LogP contribution is -2.35. The number of hydrogen-bond acceptors (Lipinski definition) is 2. The molecule has 1 heterocycles. The summed E-state index contributed by atoms with van der Waals surface area (Å²) >= 11 is 5.96. The van der Waals surface area contributed by atoms with Gasteiger partial charge in [-0.05, 0) is 31.0 Å². The van der Waals surface area contributed by atoms with Crippen molar-refractivity contribution in [1.82, 2.24) is 0 Å². The fourth-order valence-electron chi connectivity index (χ4n) is 2.10. The summed E-state index contributed by atoms with van der Waals surface area (Å²) in [6.45, 7) is 2.16. The predicted molar refractivity (Wildman–Crippen MR) is 60.3 cm³/mol. The van der Waals surface area contributed by atoms with E-state index in [1.54, 1.807) is 0 Å². The first-order valence-electron chi connectivity index (χ1n) is 5.15. The highest BCUT2D eigenvalue weighted by atomic mass is 35.5. The zero-order chi connectivity index (χ0) is 9.54. The fourth-order valence-corrected chi connectivity index (χ4v) is 2.27. The minimum absolute atomic E-state index is 0.789. The first-order chi connectivity index (χ1) is 6.84. The Labute approximate surface area is 88.9 Å². The van der Waals surface area contributed by atoms with Crippen LogP contribution in [0.3, 0.4) is 0 Å². The first kappa shape index (κ1) is 8.42. The summed E-state index contributed by atoms with van der Waals surface area (Å²) in [5, 5.41) is 4.20. The molecule has 1 saturated carbocycles. The molecule has 0 amide bonds. The van der Waals surface area contributed by atoms with E-state index in [9.17, 15) is 0 Å². The Morgan fingerprint density at radius 2 is 2.21 bits per heavy atom. The molecule has 0 aromatic heterocycles. The third kappa shape index (κ3) is 1.34. The molecule has 0 radical (unpaired) electrons. The molecule has 0 spiro atoms. The number of hydrogen-bond donors (Lipinski definition) is 1. The summed E-state index contributed by atoms with van der Waals surface area (Å²) in [6, 6.07) is 6.91. The van der Waals surface area contributed by atoms with Gasteiger partial charge in [-0.25, -0.2) is 0 Å². The molecule has 1 aromatic rings. The van der Waals surface area contributed by atoms with Crippen LogP contribution in [0.15, 0.2) is 18.2 Å². The molecule has 2 aliphatic rings. The molecule has 2 nitrogen and oxygen atoms in total. The lowest BCUT2D eigenvalue weighted by molar-refractivity contribution is 0.782. The average molecular weight is 209 g/mol. The van der Waals surface area contributed by atoms with Crippen LogP contribution in [0, 0.1) is 0 Å². The second-order valence-electron chi connectivity index (χ2n) is 4.01. The highest BCUT2D eigenvalue weighted by molar-refractivity contribution is 6.31. The van der Waals surface area contributed by atoms with Crippen LogP contribution in [0.2, 0.25) is 5.02 Å². The Morgan fingerprint density at radius 3 is 3.00 bits per heavy atom. The second-order valence-corrected chi connectivity index (χ2v) is 4.45. The van der Waals surface area contributed by atoms with Crippen LogP contribution in [0.1, 0.15) is 12.8 Å². The van der Waals surface area contributed by atoms with Gasteiger partial charge >= 0.3 is 0 Å². The molecule has 74 valence electrons. The first-order valence-corrected chi connectivity index (χ1v) is 5.52. The fraction of sp³-hybridized carbons (Fsp3) is 0.455. The molecule has 1 N–H and O–H groups in total. The van der Waals surface area contributed by atoms with E-state index in [0.29, 0.717) is 0 Å². The standard InChI is InChI=1S/C11H13ClN2/c12-8-1-4-11-10(7-8)13-5-6-14(11)9-2-3-9/h1,4,7,9,13H,2-3,5-6H2. The molecule has 0 bridgehead atoms. The van der Waals surface area contributed by atoms with Gasteiger partial charge in [-0.3, -0.25) is 0 Å². The van der Waals surface area contributed by atoms with Crippen molar-refractivity contribution in [3.8, 4) is 0 Å². The number of anilines is 2. The van der Waals surface area contributed by atoms with Crippen LogP contribution in [-0.4, -0.2) is 19.1 Å². The molecule has 3 rings (SSSR count). The van der Waals surface area contributed by atoms with E-state index < -0.39 is 0 Å². The van der Waals surface area contributed by atoms with Crippen LogP contribution < -0.4 is 10.2 Å². The number of fused-ring (bicyclic) bond motifs is 1. The van der Waals surface area contributed by atoms with Gasteiger partial charge in [0.1, 0.15) is 0 Å². The zero-order valence-corrected chi connectivity index (χ0v) is 8.72. The van der Waals surface area contributed by atoms with Gasteiger partial charge in [0.2, 0.25) is 0 Å². The van der Waals surface area contributed by atoms with Gasteiger partial charge in [0.25, 0.3) is 0 Å². The molecule has 0 saturated heterocycles. The lowest BCUT2D eigenvalue weighted by atomic mass is 10.2. The van der Waals surface area contributed by atoms with E-state index >= 15 is 0 Å². The lowest BCUT2D eigenvalue weighted by Gasteiger charge is -2.32. The van der Waals surface area contributed by atoms with Crippen molar-refractivity contribution in [3.05, 3.63) is 23.2 Å². The molecule has 1 aliphatic heterocycles. The van der Waals surface area contributed by atoms with Gasteiger partial charge in [-0.1, -0.05) is 11.6 Å². The smallest absolute Gasteiger partial charge is 0.0606 e. The normalized spacial score (nSPS) is 20.2. The van der Waals surface area contributed by atoms with Crippen molar-refractivity contribution < 1.29 is 0 Å². The van der Waals surface area contributed by atoms with Crippen molar-refractivity contribution in [2.24, 2.45) is 0 Å². The molecule has 0 atom stereocenters. The molecule has 1 fully saturated rings. The Bertz CT molecular complexity index is 360. The van der Waals surface area contributed by atoms with Crippen molar-refractivity contribution in [1.29, 1.82) is 0 Å². The summed E-state index contributed by atoms with van der Waals surface area (Å²) in [6.07, 6.45) is 2.70. The predicted octanol–water partition coefficient (Wildman–Crippen LogP) is 2.73. The quantitative estimate of drug-likeness (QED) is 0.764.